The van der Waals surface area contributed by atoms with Crippen LogP contribution in [-0.4, -0.2) is 37.2 Å². The Hall–Kier alpha value is -3.41. The summed E-state index contributed by atoms with van der Waals surface area (Å²) in [6.45, 7) is 6.50. The summed E-state index contributed by atoms with van der Waals surface area (Å²) < 4.78 is 16.8. The molecule has 0 bridgehead atoms. The van der Waals surface area contributed by atoms with Crippen LogP contribution in [0.5, 0.6) is 0 Å². The van der Waals surface area contributed by atoms with E-state index in [1.807, 2.05) is 0 Å². The van der Waals surface area contributed by atoms with Gasteiger partial charge in [-0.2, -0.15) is 0 Å². The van der Waals surface area contributed by atoms with E-state index >= 15 is 0 Å². The number of allylic oxidation sites excluding steroid dienone is 14. The van der Waals surface area contributed by atoms with Gasteiger partial charge in [0.2, 0.25) is 0 Å². The molecule has 75 heavy (non-hydrogen) atoms. The number of unbranched alkanes of at least 4 members (excludes halogenated alkanes) is 33. The van der Waals surface area contributed by atoms with E-state index in [0.29, 0.717) is 19.3 Å². The summed E-state index contributed by atoms with van der Waals surface area (Å²) in [4.78, 5) is 38.1. The smallest absolute Gasteiger partial charge is 0.306 e. The van der Waals surface area contributed by atoms with Crippen molar-refractivity contribution in [1.29, 1.82) is 0 Å². The summed E-state index contributed by atoms with van der Waals surface area (Å²) in [7, 11) is 0. The number of ether oxygens (including phenoxy) is 3. The van der Waals surface area contributed by atoms with Crippen LogP contribution in [0.4, 0.5) is 0 Å². The van der Waals surface area contributed by atoms with Gasteiger partial charge in [-0.1, -0.05) is 286 Å². The van der Waals surface area contributed by atoms with Gasteiger partial charge in [-0.25, -0.2) is 0 Å². The average Bonchev–Trinajstić information content (AvgIpc) is 3.41. The molecule has 0 aliphatic heterocycles. The molecule has 0 rings (SSSR count). The van der Waals surface area contributed by atoms with Crippen LogP contribution in [0, 0.1) is 0 Å². The highest BCUT2D eigenvalue weighted by atomic mass is 16.6. The molecule has 0 saturated heterocycles. The Morgan fingerprint density at radius 2 is 0.520 bits per heavy atom. The van der Waals surface area contributed by atoms with E-state index in [1.54, 1.807) is 0 Å². The maximum absolute atomic E-state index is 12.9. The molecule has 0 aromatic rings. The second kappa shape index (κ2) is 63.1. The molecule has 0 heterocycles. The molecule has 1 unspecified atom stereocenters. The third-order valence-corrected chi connectivity index (χ3v) is 13.9. The Bertz CT molecular complexity index is 1430. The first-order valence-corrected chi connectivity index (χ1v) is 32.1. The number of rotatable bonds is 58. The highest BCUT2D eigenvalue weighted by Crippen LogP contribution is 2.16. The molecule has 0 aromatic heterocycles. The second-order valence-corrected chi connectivity index (χ2v) is 21.3. The normalized spacial score (nSPS) is 12.6. The van der Waals surface area contributed by atoms with Gasteiger partial charge >= 0.3 is 17.9 Å². The SMILES string of the molecule is CC/C=C\C/C=C\C/C=C\C/C=C\CCCCCCCCCCCCCCC(=O)OCC(COC(=O)CCCCCCCCC)OC(=O)CCCCCCCCCCCC/C=C\C/C=C\C/C=C\CCCCCCC. The Balaban J connectivity index is 4.14. The first kappa shape index (κ1) is 71.6. The number of hydrogen-bond donors (Lipinski definition) is 0. The van der Waals surface area contributed by atoms with Crippen molar-refractivity contribution in [2.75, 3.05) is 13.2 Å². The molecule has 0 aliphatic carbocycles. The molecule has 0 N–H and O–H groups in total. The minimum absolute atomic E-state index is 0.0764. The van der Waals surface area contributed by atoms with Crippen molar-refractivity contribution in [2.24, 2.45) is 0 Å². The molecule has 0 aliphatic rings. The topological polar surface area (TPSA) is 78.9 Å². The van der Waals surface area contributed by atoms with E-state index in [2.05, 4.69) is 106 Å². The van der Waals surface area contributed by atoms with Gasteiger partial charge in [0.25, 0.3) is 0 Å². The molecule has 6 heteroatoms. The van der Waals surface area contributed by atoms with Crippen molar-refractivity contribution in [2.45, 2.75) is 322 Å². The van der Waals surface area contributed by atoms with Crippen molar-refractivity contribution in [3.63, 3.8) is 0 Å². The molecule has 1 atom stereocenters. The van der Waals surface area contributed by atoms with Crippen LogP contribution in [0.15, 0.2) is 85.1 Å². The maximum Gasteiger partial charge on any atom is 0.306 e. The van der Waals surface area contributed by atoms with Crippen molar-refractivity contribution >= 4 is 17.9 Å². The van der Waals surface area contributed by atoms with Crippen molar-refractivity contribution < 1.29 is 28.6 Å². The number of esters is 3. The lowest BCUT2D eigenvalue weighted by molar-refractivity contribution is -0.167. The fraction of sp³-hybridized carbons (Fsp3) is 0.754. The highest BCUT2D eigenvalue weighted by Gasteiger charge is 2.19. The summed E-state index contributed by atoms with van der Waals surface area (Å²) >= 11 is 0. The van der Waals surface area contributed by atoms with E-state index in [-0.39, 0.29) is 31.1 Å². The fourth-order valence-electron chi connectivity index (χ4n) is 9.09. The maximum atomic E-state index is 12.9. The lowest BCUT2D eigenvalue weighted by Gasteiger charge is -2.18. The third kappa shape index (κ3) is 61.3. The zero-order chi connectivity index (χ0) is 54.3. The third-order valence-electron chi connectivity index (χ3n) is 13.9. The fourth-order valence-corrected chi connectivity index (χ4v) is 9.09. The zero-order valence-electron chi connectivity index (χ0n) is 49.6. The van der Waals surface area contributed by atoms with E-state index in [0.717, 1.165) is 96.3 Å². The molecule has 0 aromatic carbocycles. The number of hydrogen-bond acceptors (Lipinski definition) is 6. The Morgan fingerprint density at radius 1 is 0.280 bits per heavy atom. The predicted octanol–water partition coefficient (Wildman–Crippen LogP) is 21.9. The average molecular weight is 1050 g/mol. The molecule has 0 fully saturated rings. The zero-order valence-corrected chi connectivity index (χ0v) is 49.6. The van der Waals surface area contributed by atoms with Crippen LogP contribution >= 0.6 is 0 Å². The molecule has 0 radical (unpaired) electrons. The van der Waals surface area contributed by atoms with Gasteiger partial charge in [-0.05, 0) is 96.3 Å². The first-order valence-electron chi connectivity index (χ1n) is 32.1. The number of carbonyl (C=O) groups is 3. The number of carbonyl (C=O) groups excluding carboxylic acids is 3. The van der Waals surface area contributed by atoms with Crippen molar-refractivity contribution in [1.82, 2.24) is 0 Å². The second-order valence-electron chi connectivity index (χ2n) is 21.3. The summed E-state index contributed by atoms with van der Waals surface area (Å²) in [5, 5.41) is 0. The summed E-state index contributed by atoms with van der Waals surface area (Å²) in [6, 6.07) is 0. The van der Waals surface area contributed by atoms with Crippen LogP contribution in [-0.2, 0) is 28.6 Å². The molecule has 0 saturated carbocycles. The van der Waals surface area contributed by atoms with Gasteiger partial charge in [0.1, 0.15) is 13.2 Å². The van der Waals surface area contributed by atoms with Gasteiger partial charge in [0, 0.05) is 19.3 Å². The quantitative estimate of drug-likeness (QED) is 0.0261. The predicted molar refractivity (Wildman–Crippen MR) is 325 cm³/mol. The molecule has 432 valence electrons. The van der Waals surface area contributed by atoms with Crippen LogP contribution in [0.3, 0.4) is 0 Å². The summed E-state index contributed by atoms with van der Waals surface area (Å²) in [5.74, 6) is -0.878. The van der Waals surface area contributed by atoms with Crippen LogP contribution in [0.1, 0.15) is 316 Å². The van der Waals surface area contributed by atoms with E-state index < -0.39 is 6.10 Å². The van der Waals surface area contributed by atoms with Crippen molar-refractivity contribution in [3.8, 4) is 0 Å². The Labute approximate surface area is 465 Å². The minimum Gasteiger partial charge on any atom is -0.462 e. The largest absolute Gasteiger partial charge is 0.462 e. The monoisotopic (exact) mass is 1040 g/mol. The van der Waals surface area contributed by atoms with Gasteiger partial charge in [0.05, 0.1) is 0 Å². The van der Waals surface area contributed by atoms with Crippen LogP contribution in [0.25, 0.3) is 0 Å². The van der Waals surface area contributed by atoms with Crippen LogP contribution < -0.4 is 0 Å². The molecule has 0 amide bonds. The highest BCUT2D eigenvalue weighted by molar-refractivity contribution is 5.71. The first-order chi connectivity index (χ1) is 37.0. The Morgan fingerprint density at radius 3 is 0.813 bits per heavy atom. The van der Waals surface area contributed by atoms with Gasteiger partial charge < -0.3 is 14.2 Å². The molecule has 6 nitrogen and oxygen atoms in total. The minimum atomic E-state index is -0.777. The van der Waals surface area contributed by atoms with E-state index in [9.17, 15) is 14.4 Å². The van der Waals surface area contributed by atoms with Gasteiger partial charge in [-0.3, -0.25) is 14.4 Å². The van der Waals surface area contributed by atoms with Crippen LogP contribution in [0.2, 0.25) is 0 Å². The lowest BCUT2D eigenvalue weighted by atomic mass is 10.0. The van der Waals surface area contributed by atoms with Gasteiger partial charge in [0.15, 0.2) is 6.10 Å². The standard InChI is InChI=1S/C69H120O6/c1-4-7-10-13-16-18-20-22-24-26-28-30-32-34-36-38-40-42-44-46-48-50-53-56-59-62-68(71)74-65-66(64-73-67(70)61-58-55-52-15-12-9-6-3)75-69(72)63-60-57-54-51-49-47-45-43-41-39-37-35-33-31-29-27-25-23-21-19-17-14-11-8-5-2/h7,10,16,18,21-24,27-30,33,35,66H,4-6,8-9,11-15,17,19-20,25-26,31-32,34,36-65H2,1-3H3/b10-7-,18-16-,23-21-,24-22-,29-27-,30-28-,35-33-. The van der Waals surface area contributed by atoms with E-state index in [1.165, 1.54) is 180 Å². The lowest BCUT2D eigenvalue weighted by Crippen LogP contribution is -2.30. The van der Waals surface area contributed by atoms with E-state index in [4.69, 9.17) is 14.2 Å². The molecular weight excluding hydrogens is 925 g/mol. The summed E-state index contributed by atoms with van der Waals surface area (Å²) in [6.07, 6.45) is 83.3. The summed E-state index contributed by atoms with van der Waals surface area (Å²) in [5.41, 5.74) is 0. The van der Waals surface area contributed by atoms with Crippen molar-refractivity contribution in [3.05, 3.63) is 85.1 Å². The molecule has 0 spiro atoms. The molecular formula is C69H120O6. The Kier molecular flexibility index (Phi) is 60.3. The van der Waals surface area contributed by atoms with Gasteiger partial charge in [-0.15, -0.1) is 0 Å².